The molecule has 0 aliphatic carbocycles. The van der Waals surface area contributed by atoms with Gasteiger partial charge in [0.05, 0.1) is 0 Å². The van der Waals surface area contributed by atoms with E-state index in [1.165, 1.54) is 32.1 Å². The summed E-state index contributed by atoms with van der Waals surface area (Å²) >= 11 is 0. The van der Waals surface area contributed by atoms with E-state index in [4.69, 9.17) is 0 Å². The van der Waals surface area contributed by atoms with E-state index < -0.39 is 0 Å². The molecule has 0 heterocycles. The molecule has 0 rings (SSSR count). The quantitative estimate of drug-likeness (QED) is 0.495. The van der Waals surface area contributed by atoms with Gasteiger partial charge in [0.15, 0.2) is 0 Å². The van der Waals surface area contributed by atoms with Crippen LogP contribution in [0.25, 0.3) is 0 Å². The Balaban J connectivity index is 0. The molecule has 0 aliphatic rings. The highest BCUT2D eigenvalue weighted by Gasteiger charge is 2.05. The summed E-state index contributed by atoms with van der Waals surface area (Å²) in [6, 6.07) is 0. The van der Waals surface area contributed by atoms with Crippen molar-refractivity contribution in [1.82, 2.24) is 0 Å². The van der Waals surface area contributed by atoms with E-state index in [9.17, 15) is 0 Å². The first kappa shape index (κ1) is 15.5. The van der Waals surface area contributed by atoms with Gasteiger partial charge in [-0.05, 0) is 11.8 Å². The molecule has 0 radical (unpaired) electrons. The third-order valence-corrected chi connectivity index (χ3v) is 2.65. The van der Waals surface area contributed by atoms with Gasteiger partial charge >= 0.3 is 0 Å². The molecule has 0 unspecified atom stereocenters. The molecule has 0 N–H and O–H groups in total. The smallest absolute Gasteiger partial charge is 0.0420 e. The predicted molar refractivity (Wildman–Crippen MR) is 64.1 cm³/mol. The van der Waals surface area contributed by atoms with Crippen LogP contribution >= 0.6 is 0 Å². The number of hydrogen-bond acceptors (Lipinski definition) is 0. The second kappa shape index (κ2) is 12.0. The monoisotopic (exact) mass is 186 g/mol. The minimum atomic E-state index is 0.872. The van der Waals surface area contributed by atoms with Crippen LogP contribution in [-0.4, -0.2) is 0 Å². The molecule has 0 amide bonds. The van der Waals surface area contributed by atoms with Crippen molar-refractivity contribution in [2.24, 2.45) is 11.8 Å². The summed E-state index contributed by atoms with van der Waals surface area (Å²) in [7, 11) is 0. The van der Waals surface area contributed by atoms with Crippen molar-refractivity contribution in [2.45, 2.75) is 73.6 Å². The second-order valence-electron chi connectivity index (χ2n) is 4.07. The molecule has 0 heteroatoms. The van der Waals surface area contributed by atoms with Crippen molar-refractivity contribution in [3.8, 4) is 0 Å². The average Bonchev–Trinajstić information content (AvgIpc) is 2.15. The van der Waals surface area contributed by atoms with Crippen molar-refractivity contribution >= 4 is 0 Å². The van der Waals surface area contributed by atoms with Crippen molar-refractivity contribution in [1.29, 1.82) is 0 Å². The van der Waals surface area contributed by atoms with Gasteiger partial charge in [0.2, 0.25) is 0 Å². The zero-order chi connectivity index (χ0) is 10.7. The normalized spacial score (nSPS) is 12.2. The topological polar surface area (TPSA) is 0 Å². The highest BCUT2D eigenvalue weighted by Crippen LogP contribution is 2.17. The third-order valence-electron chi connectivity index (χ3n) is 2.65. The van der Waals surface area contributed by atoms with Gasteiger partial charge in [0.25, 0.3) is 0 Å². The Morgan fingerprint density at radius 3 is 1.77 bits per heavy atom. The molecule has 13 heavy (non-hydrogen) atoms. The maximum absolute atomic E-state index is 2.37. The van der Waals surface area contributed by atoms with Gasteiger partial charge in [0.1, 0.15) is 0 Å². The molecular formula is C13H30. The van der Waals surface area contributed by atoms with Crippen LogP contribution in [0.2, 0.25) is 0 Å². The number of hydrogen-bond donors (Lipinski definition) is 0. The fourth-order valence-corrected chi connectivity index (χ4v) is 1.23. The highest BCUT2D eigenvalue weighted by molar-refractivity contribution is 4.56. The van der Waals surface area contributed by atoms with Gasteiger partial charge in [-0.3, -0.25) is 0 Å². The lowest BCUT2D eigenvalue weighted by Gasteiger charge is -2.14. The van der Waals surface area contributed by atoms with Crippen molar-refractivity contribution < 1.29 is 0 Å². The van der Waals surface area contributed by atoms with Crippen molar-refractivity contribution in [3.05, 3.63) is 0 Å². The molecule has 0 aromatic rings. The first-order chi connectivity index (χ1) is 6.18. The van der Waals surface area contributed by atoms with Crippen molar-refractivity contribution in [3.63, 3.8) is 0 Å². The van der Waals surface area contributed by atoms with E-state index in [1.54, 1.807) is 0 Å². The Labute approximate surface area is 86.1 Å². The minimum absolute atomic E-state index is 0.872. The standard InChI is InChI=1S/C11H24.C2H6/c1-5-6-7-8-9-11(4)10(2)3;1-2/h10-11H,5-9H2,1-4H3;1-2H3/t11-;/m1./s1. The van der Waals surface area contributed by atoms with Crippen LogP contribution in [0.15, 0.2) is 0 Å². The van der Waals surface area contributed by atoms with E-state index >= 15 is 0 Å². The molecule has 0 spiro atoms. The van der Waals surface area contributed by atoms with Crippen LogP contribution in [-0.2, 0) is 0 Å². The third kappa shape index (κ3) is 12.0. The van der Waals surface area contributed by atoms with Crippen LogP contribution < -0.4 is 0 Å². The summed E-state index contributed by atoms with van der Waals surface area (Å²) < 4.78 is 0. The molecule has 0 fully saturated rings. The van der Waals surface area contributed by atoms with Crippen LogP contribution in [0.3, 0.4) is 0 Å². The fraction of sp³-hybridized carbons (Fsp3) is 1.00. The summed E-state index contributed by atoms with van der Waals surface area (Å²) in [6.45, 7) is 13.3. The number of rotatable bonds is 6. The highest BCUT2D eigenvalue weighted by atomic mass is 14.1. The second-order valence-corrected chi connectivity index (χ2v) is 4.07. The largest absolute Gasteiger partial charge is 0.0683 e. The average molecular weight is 186 g/mol. The molecule has 0 bridgehead atoms. The van der Waals surface area contributed by atoms with Crippen LogP contribution in [0.5, 0.6) is 0 Å². The minimum Gasteiger partial charge on any atom is -0.0683 e. The molecular weight excluding hydrogens is 156 g/mol. The molecule has 0 aromatic heterocycles. The predicted octanol–water partition coefficient (Wildman–Crippen LogP) is 5.28. The summed E-state index contributed by atoms with van der Waals surface area (Å²) in [5.41, 5.74) is 0. The van der Waals surface area contributed by atoms with Gasteiger partial charge in [-0.25, -0.2) is 0 Å². The maximum atomic E-state index is 2.37. The summed E-state index contributed by atoms with van der Waals surface area (Å²) in [5, 5.41) is 0. The lowest BCUT2D eigenvalue weighted by Crippen LogP contribution is -2.03. The van der Waals surface area contributed by atoms with Gasteiger partial charge in [0, 0.05) is 0 Å². The van der Waals surface area contributed by atoms with Crippen LogP contribution in [0, 0.1) is 11.8 Å². The van der Waals surface area contributed by atoms with E-state index in [1.807, 2.05) is 13.8 Å². The Morgan fingerprint density at radius 2 is 1.38 bits per heavy atom. The SMILES string of the molecule is CC.CCCCCC[C@@H](C)C(C)C. The molecule has 82 valence electrons. The van der Waals surface area contributed by atoms with Gasteiger partial charge < -0.3 is 0 Å². The summed E-state index contributed by atoms with van der Waals surface area (Å²) in [4.78, 5) is 0. The zero-order valence-corrected chi connectivity index (χ0v) is 10.7. The molecule has 0 aromatic carbocycles. The zero-order valence-electron chi connectivity index (χ0n) is 10.7. The first-order valence-electron chi connectivity index (χ1n) is 6.18. The molecule has 0 nitrogen and oxygen atoms in total. The lowest BCUT2D eigenvalue weighted by molar-refractivity contribution is 0.376. The maximum Gasteiger partial charge on any atom is -0.0420 e. The Morgan fingerprint density at radius 1 is 0.846 bits per heavy atom. The Kier molecular flexibility index (Phi) is 14.3. The molecule has 0 saturated heterocycles. The van der Waals surface area contributed by atoms with Crippen molar-refractivity contribution in [2.75, 3.05) is 0 Å². The number of unbranched alkanes of at least 4 members (excludes halogenated alkanes) is 3. The van der Waals surface area contributed by atoms with E-state index in [0.29, 0.717) is 0 Å². The Bertz CT molecular complexity index is 74.1. The molecule has 1 atom stereocenters. The summed E-state index contributed by atoms with van der Waals surface area (Å²) in [5.74, 6) is 1.79. The molecule has 0 saturated carbocycles. The summed E-state index contributed by atoms with van der Waals surface area (Å²) in [6.07, 6.45) is 7.08. The van der Waals surface area contributed by atoms with E-state index in [-0.39, 0.29) is 0 Å². The van der Waals surface area contributed by atoms with Gasteiger partial charge in [-0.1, -0.05) is 73.6 Å². The molecule has 0 aliphatic heterocycles. The van der Waals surface area contributed by atoms with E-state index in [0.717, 1.165) is 11.8 Å². The van der Waals surface area contributed by atoms with E-state index in [2.05, 4.69) is 27.7 Å². The lowest BCUT2D eigenvalue weighted by atomic mass is 9.92. The fourth-order valence-electron chi connectivity index (χ4n) is 1.23. The Hall–Kier alpha value is 0. The van der Waals surface area contributed by atoms with Gasteiger partial charge in [-0.15, -0.1) is 0 Å². The first-order valence-corrected chi connectivity index (χ1v) is 6.18. The van der Waals surface area contributed by atoms with Crippen LogP contribution in [0.4, 0.5) is 0 Å². The van der Waals surface area contributed by atoms with Crippen LogP contribution in [0.1, 0.15) is 73.6 Å². The van der Waals surface area contributed by atoms with Gasteiger partial charge in [-0.2, -0.15) is 0 Å².